The average Bonchev–Trinajstić information content (AvgIpc) is 2.79. The molecule has 3 aromatic carbocycles. The van der Waals surface area contributed by atoms with Crippen molar-refractivity contribution in [3.63, 3.8) is 0 Å². The molecule has 1 aromatic heterocycles. The first-order valence-electron chi connectivity index (χ1n) is 10.8. The average molecular weight is 409 g/mol. The van der Waals surface area contributed by atoms with Gasteiger partial charge in [0.05, 0.1) is 16.8 Å². The van der Waals surface area contributed by atoms with Crippen LogP contribution < -0.4 is 5.32 Å². The van der Waals surface area contributed by atoms with Crippen molar-refractivity contribution < 1.29 is 4.79 Å². The number of hydrogen-bond acceptors (Lipinski definition) is 2. The summed E-state index contributed by atoms with van der Waals surface area (Å²) in [5.74, 6) is 0.385. The van der Waals surface area contributed by atoms with Gasteiger partial charge in [0.15, 0.2) is 0 Å². The van der Waals surface area contributed by atoms with Gasteiger partial charge in [-0.15, -0.1) is 0 Å². The van der Waals surface area contributed by atoms with Gasteiger partial charge in [-0.05, 0) is 67.6 Å². The molecule has 3 heteroatoms. The first-order chi connectivity index (χ1) is 15.0. The van der Waals surface area contributed by atoms with E-state index in [9.17, 15) is 4.79 Å². The molecule has 0 saturated heterocycles. The van der Waals surface area contributed by atoms with E-state index in [2.05, 4.69) is 63.3 Å². The van der Waals surface area contributed by atoms with Crippen LogP contribution in [0.15, 0.2) is 72.8 Å². The number of benzene rings is 3. The van der Waals surface area contributed by atoms with E-state index in [0.717, 1.165) is 39.8 Å². The maximum Gasteiger partial charge on any atom is 0.256 e. The van der Waals surface area contributed by atoms with Crippen LogP contribution in [0.2, 0.25) is 0 Å². The van der Waals surface area contributed by atoms with E-state index in [4.69, 9.17) is 4.98 Å². The highest BCUT2D eigenvalue weighted by Gasteiger charge is 2.15. The number of amides is 1. The number of fused-ring (bicyclic) bond motifs is 1. The Morgan fingerprint density at radius 3 is 2.45 bits per heavy atom. The molecule has 4 aromatic rings. The standard InChI is InChI=1S/C28H28N2O/c1-5-19(3)21-12-14-22(15-13-21)29-28(31)25-17-27(24-16-18(2)10-11-20(24)4)30-26-9-7-6-8-23(25)26/h6-17,19H,5H2,1-4H3,(H,29,31)/t19-/m0/s1. The van der Waals surface area contributed by atoms with Crippen LogP contribution in [0.5, 0.6) is 0 Å². The van der Waals surface area contributed by atoms with Gasteiger partial charge in [0.2, 0.25) is 0 Å². The number of aromatic nitrogens is 1. The van der Waals surface area contributed by atoms with E-state index in [0.29, 0.717) is 11.5 Å². The van der Waals surface area contributed by atoms with Crippen molar-refractivity contribution in [3.8, 4) is 11.3 Å². The summed E-state index contributed by atoms with van der Waals surface area (Å²) in [5.41, 5.74) is 7.71. The molecular weight excluding hydrogens is 380 g/mol. The SMILES string of the molecule is CC[C@H](C)c1ccc(NC(=O)c2cc(-c3cc(C)ccc3C)nc3ccccc23)cc1. The Hall–Kier alpha value is -3.46. The first-order valence-corrected chi connectivity index (χ1v) is 10.8. The molecule has 3 nitrogen and oxygen atoms in total. The molecule has 0 spiro atoms. The molecule has 0 saturated carbocycles. The zero-order chi connectivity index (χ0) is 22.0. The molecule has 0 radical (unpaired) electrons. The molecule has 0 bridgehead atoms. The minimum Gasteiger partial charge on any atom is -0.322 e. The van der Waals surface area contributed by atoms with Crippen LogP contribution >= 0.6 is 0 Å². The Bertz CT molecular complexity index is 1240. The zero-order valence-corrected chi connectivity index (χ0v) is 18.6. The third-order valence-corrected chi connectivity index (χ3v) is 5.98. The molecule has 0 aliphatic rings. The second kappa shape index (κ2) is 8.73. The maximum absolute atomic E-state index is 13.3. The Labute approximate surface area is 184 Å². The fourth-order valence-electron chi connectivity index (χ4n) is 3.84. The van der Waals surface area contributed by atoms with Crippen LogP contribution in [0, 0.1) is 13.8 Å². The summed E-state index contributed by atoms with van der Waals surface area (Å²) in [7, 11) is 0. The Balaban J connectivity index is 1.74. The summed E-state index contributed by atoms with van der Waals surface area (Å²) in [5, 5.41) is 3.92. The summed E-state index contributed by atoms with van der Waals surface area (Å²) in [4.78, 5) is 18.2. The van der Waals surface area contributed by atoms with Gasteiger partial charge in [0.25, 0.3) is 5.91 Å². The summed E-state index contributed by atoms with van der Waals surface area (Å²) >= 11 is 0. The normalized spacial score (nSPS) is 12.0. The van der Waals surface area contributed by atoms with E-state index < -0.39 is 0 Å². The van der Waals surface area contributed by atoms with Gasteiger partial charge >= 0.3 is 0 Å². The van der Waals surface area contributed by atoms with Crippen molar-refractivity contribution in [1.29, 1.82) is 0 Å². The largest absolute Gasteiger partial charge is 0.322 e. The lowest BCUT2D eigenvalue weighted by Crippen LogP contribution is -2.13. The van der Waals surface area contributed by atoms with Crippen molar-refractivity contribution in [2.24, 2.45) is 0 Å². The third-order valence-electron chi connectivity index (χ3n) is 5.98. The van der Waals surface area contributed by atoms with Crippen molar-refractivity contribution in [2.45, 2.75) is 40.0 Å². The second-order valence-electron chi connectivity index (χ2n) is 8.28. The molecule has 1 N–H and O–H groups in total. The van der Waals surface area contributed by atoms with Gasteiger partial charge in [0.1, 0.15) is 0 Å². The predicted molar refractivity (Wildman–Crippen MR) is 130 cm³/mol. The Kier molecular flexibility index (Phi) is 5.85. The highest BCUT2D eigenvalue weighted by atomic mass is 16.1. The fourth-order valence-corrected chi connectivity index (χ4v) is 3.84. The second-order valence-corrected chi connectivity index (χ2v) is 8.28. The topological polar surface area (TPSA) is 42.0 Å². The molecule has 0 unspecified atom stereocenters. The van der Waals surface area contributed by atoms with Crippen LogP contribution in [0.4, 0.5) is 5.69 Å². The minimum atomic E-state index is -0.124. The summed E-state index contributed by atoms with van der Waals surface area (Å²) < 4.78 is 0. The molecule has 156 valence electrons. The number of carbonyl (C=O) groups is 1. The molecule has 4 rings (SSSR count). The highest BCUT2D eigenvalue weighted by molar-refractivity contribution is 6.13. The fraction of sp³-hybridized carbons (Fsp3) is 0.214. The van der Waals surface area contributed by atoms with Crippen LogP contribution in [-0.2, 0) is 0 Å². The lowest BCUT2D eigenvalue weighted by atomic mass is 9.98. The number of nitrogens with zero attached hydrogens (tertiary/aromatic N) is 1. The number of carbonyl (C=O) groups excluding carboxylic acids is 1. The quantitative estimate of drug-likeness (QED) is 0.377. The molecule has 0 fully saturated rings. The summed E-state index contributed by atoms with van der Waals surface area (Å²) in [6.45, 7) is 8.54. The number of para-hydroxylation sites is 1. The summed E-state index contributed by atoms with van der Waals surface area (Å²) in [6.07, 6.45) is 1.09. The lowest BCUT2D eigenvalue weighted by Gasteiger charge is -2.13. The predicted octanol–water partition coefficient (Wildman–Crippen LogP) is 7.28. The van der Waals surface area contributed by atoms with Crippen molar-refractivity contribution >= 4 is 22.5 Å². The number of hydrogen-bond donors (Lipinski definition) is 1. The molecule has 1 amide bonds. The van der Waals surface area contributed by atoms with Crippen molar-refractivity contribution in [1.82, 2.24) is 4.98 Å². The van der Waals surface area contributed by atoms with Crippen molar-refractivity contribution in [2.75, 3.05) is 5.32 Å². The minimum absolute atomic E-state index is 0.124. The summed E-state index contributed by atoms with van der Waals surface area (Å²) in [6, 6.07) is 24.2. The number of anilines is 1. The van der Waals surface area contributed by atoms with Gasteiger partial charge in [-0.2, -0.15) is 0 Å². The zero-order valence-electron chi connectivity index (χ0n) is 18.6. The van der Waals surface area contributed by atoms with Gasteiger partial charge in [0, 0.05) is 16.6 Å². The molecule has 0 aliphatic heterocycles. The van der Waals surface area contributed by atoms with Crippen molar-refractivity contribution in [3.05, 3.63) is 95.1 Å². The number of pyridine rings is 1. The van der Waals surface area contributed by atoms with Gasteiger partial charge in [-0.1, -0.05) is 61.9 Å². The molecule has 31 heavy (non-hydrogen) atoms. The number of rotatable bonds is 5. The lowest BCUT2D eigenvalue weighted by molar-refractivity contribution is 0.102. The van der Waals surface area contributed by atoms with E-state index in [1.54, 1.807) is 0 Å². The number of nitrogens with one attached hydrogen (secondary N) is 1. The molecule has 0 aliphatic carbocycles. The maximum atomic E-state index is 13.3. The highest BCUT2D eigenvalue weighted by Crippen LogP contribution is 2.29. The van der Waals surface area contributed by atoms with Crippen LogP contribution in [0.25, 0.3) is 22.2 Å². The van der Waals surface area contributed by atoms with Gasteiger partial charge < -0.3 is 5.32 Å². The number of aryl methyl sites for hydroxylation is 2. The van der Waals surface area contributed by atoms with Crippen LogP contribution in [0.3, 0.4) is 0 Å². The molecular formula is C28H28N2O. The molecule has 1 atom stereocenters. The van der Waals surface area contributed by atoms with Gasteiger partial charge in [-0.3, -0.25) is 4.79 Å². The van der Waals surface area contributed by atoms with E-state index in [1.165, 1.54) is 11.1 Å². The smallest absolute Gasteiger partial charge is 0.256 e. The van der Waals surface area contributed by atoms with Crippen LogP contribution in [-0.4, -0.2) is 10.9 Å². The van der Waals surface area contributed by atoms with E-state index in [-0.39, 0.29) is 5.91 Å². The van der Waals surface area contributed by atoms with Gasteiger partial charge in [-0.25, -0.2) is 4.98 Å². The monoisotopic (exact) mass is 408 g/mol. The Morgan fingerprint density at radius 1 is 0.968 bits per heavy atom. The Morgan fingerprint density at radius 2 is 1.71 bits per heavy atom. The first kappa shape index (κ1) is 20.8. The molecule has 1 heterocycles. The van der Waals surface area contributed by atoms with E-state index >= 15 is 0 Å². The third kappa shape index (κ3) is 4.36. The van der Waals surface area contributed by atoms with E-state index in [1.807, 2.05) is 42.5 Å². The van der Waals surface area contributed by atoms with Crippen LogP contribution in [0.1, 0.15) is 53.2 Å².